The van der Waals surface area contributed by atoms with Crippen LogP contribution in [0.25, 0.3) is 0 Å². The molecule has 1 aliphatic rings. The lowest BCUT2D eigenvalue weighted by molar-refractivity contribution is 0.250. The van der Waals surface area contributed by atoms with Crippen molar-refractivity contribution in [2.45, 2.75) is 70.9 Å². The Balaban J connectivity index is 2.45. The van der Waals surface area contributed by atoms with E-state index in [2.05, 4.69) is 33.0 Å². The summed E-state index contributed by atoms with van der Waals surface area (Å²) in [4.78, 5) is 0. The fourth-order valence-corrected chi connectivity index (χ4v) is 2.39. The minimum Gasteiger partial charge on any atom is -0.324 e. The Hall–Kier alpha value is -0.0800. The van der Waals surface area contributed by atoms with Crippen molar-refractivity contribution >= 4 is 0 Å². The molecule has 0 aliphatic heterocycles. The summed E-state index contributed by atoms with van der Waals surface area (Å²) in [5.74, 6) is 0.758. The summed E-state index contributed by atoms with van der Waals surface area (Å²) >= 11 is 0. The van der Waals surface area contributed by atoms with Gasteiger partial charge in [0, 0.05) is 17.6 Å². The van der Waals surface area contributed by atoms with E-state index < -0.39 is 0 Å². The smallest absolute Gasteiger partial charge is 0.0281 e. The van der Waals surface area contributed by atoms with Gasteiger partial charge in [0.15, 0.2) is 0 Å². The van der Waals surface area contributed by atoms with Crippen molar-refractivity contribution in [3.63, 3.8) is 0 Å². The fraction of sp³-hybridized carbons (Fsp3) is 1.00. The molecule has 0 radical (unpaired) electrons. The van der Waals surface area contributed by atoms with Gasteiger partial charge < -0.3 is 11.1 Å². The third-order valence-electron chi connectivity index (χ3n) is 4.38. The van der Waals surface area contributed by atoms with Crippen LogP contribution in [0.4, 0.5) is 0 Å². The Bertz CT molecular complexity index is 182. The van der Waals surface area contributed by atoms with Crippen LogP contribution in [-0.2, 0) is 0 Å². The highest BCUT2D eigenvalue weighted by molar-refractivity contribution is 4.99. The van der Waals surface area contributed by atoms with E-state index in [1.54, 1.807) is 0 Å². The third kappa shape index (κ3) is 3.18. The Kier molecular flexibility index (Phi) is 4.19. The second-order valence-electron chi connectivity index (χ2n) is 5.47. The van der Waals surface area contributed by atoms with Gasteiger partial charge in [-0.2, -0.15) is 0 Å². The fourth-order valence-electron chi connectivity index (χ4n) is 2.39. The van der Waals surface area contributed by atoms with E-state index in [-0.39, 0.29) is 5.54 Å². The Labute approximate surface area is 95.0 Å². The summed E-state index contributed by atoms with van der Waals surface area (Å²) in [7, 11) is 0. The van der Waals surface area contributed by atoms with Crippen molar-refractivity contribution in [2.24, 2.45) is 11.7 Å². The van der Waals surface area contributed by atoms with Crippen molar-refractivity contribution in [1.29, 1.82) is 0 Å². The lowest BCUT2D eigenvalue weighted by Crippen LogP contribution is -2.55. The van der Waals surface area contributed by atoms with Gasteiger partial charge in [0.2, 0.25) is 0 Å². The molecule has 2 nitrogen and oxygen atoms in total. The first-order chi connectivity index (χ1) is 6.99. The SMILES string of the molecule is CCC(CC)(CC)NCC(C)(N)C1CC1. The van der Waals surface area contributed by atoms with Crippen LogP contribution in [0.5, 0.6) is 0 Å². The van der Waals surface area contributed by atoms with E-state index in [1.807, 2.05) is 0 Å². The molecule has 1 rings (SSSR count). The average molecular weight is 212 g/mol. The Morgan fingerprint density at radius 2 is 1.60 bits per heavy atom. The molecule has 0 heterocycles. The lowest BCUT2D eigenvalue weighted by Gasteiger charge is -2.36. The molecule has 1 fully saturated rings. The lowest BCUT2D eigenvalue weighted by atomic mass is 9.87. The number of hydrogen-bond donors (Lipinski definition) is 2. The van der Waals surface area contributed by atoms with Crippen molar-refractivity contribution < 1.29 is 0 Å². The first-order valence-corrected chi connectivity index (χ1v) is 6.53. The van der Waals surface area contributed by atoms with Gasteiger partial charge in [-0.15, -0.1) is 0 Å². The molecule has 1 atom stereocenters. The molecule has 0 aromatic rings. The van der Waals surface area contributed by atoms with E-state index in [1.165, 1.54) is 32.1 Å². The molecular weight excluding hydrogens is 184 g/mol. The molecule has 3 N–H and O–H groups in total. The molecule has 15 heavy (non-hydrogen) atoms. The molecule has 0 aromatic carbocycles. The van der Waals surface area contributed by atoms with Crippen LogP contribution in [0.2, 0.25) is 0 Å². The summed E-state index contributed by atoms with van der Waals surface area (Å²) < 4.78 is 0. The average Bonchev–Trinajstić information content (AvgIpc) is 3.04. The molecule has 0 saturated heterocycles. The molecule has 2 heteroatoms. The monoisotopic (exact) mass is 212 g/mol. The van der Waals surface area contributed by atoms with Gasteiger partial charge in [0.1, 0.15) is 0 Å². The molecule has 1 unspecified atom stereocenters. The highest BCUT2D eigenvalue weighted by Gasteiger charge is 2.39. The molecule has 0 bridgehead atoms. The van der Waals surface area contributed by atoms with Crippen molar-refractivity contribution in [1.82, 2.24) is 5.32 Å². The van der Waals surface area contributed by atoms with Gasteiger partial charge in [0.05, 0.1) is 0 Å². The molecular formula is C13H28N2. The minimum absolute atomic E-state index is 0.00472. The van der Waals surface area contributed by atoms with Gasteiger partial charge in [0.25, 0.3) is 0 Å². The number of hydrogen-bond acceptors (Lipinski definition) is 2. The molecule has 0 spiro atoms. The largest absolute Gasteiger partial charge is 0.324 e. The Morgan fingerprint density at radius 1 is 1.13 bits per heavy atom. The zero-order valence-corrected chi connectivity index (χ0v) is 10.9. The predicted octanol–water partition coefficient (Wildman–Crippen LogP) is 2.67. The summed E-state index contributed by atoms with van der Waals surface area (Å²) in [6.45, 7) is 9.97. The summed E-state index contributed by atoms with van der Waals surface area (Å²) in [5.41, 5.74) is 6.65. The zero-order valence-electron chi connectivity index (χ0n) is 10.9. The minimum atomic E-state index is 0.00472. The highest BCUT2D eigenvalue weighted by atomic mass is 15.0. The topological polar surface area (TPSA) is 38.0 Å². The van der Waals surface area contributed by atoms with Crippen LogP contribution >= 0.6 is 0 Å². The molecule has 0 aromatic heterocycles. The Morgan fingerprint density at radius 3 is 1.93 bits per heavy atom. The van der Waals surface area contributed by atoms with Crippen molar-refractivity contribution in [2.75, 3.05) is 6.54 Å². The first-order valence-electron chi connectivity index (χ1n) is 6.53. The van der Waals surface area contributed by atoms with Crippen LogP contribution < -0.4 is 11.1 Å². The summed E-state index contributed by atoms with van der Waals surface area (Å²) in [6, 6.07) is 0. The number of nitrogens with one attached hydrogen (secondary N) is 1. The summed E-state index contributed by atoms with van der Waals surface area (Å²) in [5, 5.41) is 3.72. The number of rotatable bonds is 7. The van der Waals surface area contributed by atoms with Crippen molar-refractivity contribution in [3.05, 3.63) is 0 Å². The maximum absolute atomic E-state index is 6.33. The van der Waals surface area contributed by atoms with Gasteiger partial charge in [-0.25, -0.2) is 0 Å². The maximum atomic E-state index is 6.33. The van der Waals surface area contributed by atoms with Gasteiger partial charge in [-0.1, -0.05) is 20.8 Å². The highest BCUT2D eigenvalue weighted by Crippen LogP contribution is 2.38. The zero-order chi connectivity index (χ0) is 11.5. The summed E-state index contributed by atoms with van der Waals surface area (Å²) in [6.07, 6.45) is 6.24. The van der Waals surface area contributed by atoms with E-state index in [9.17, 15) is 0 Å². The van der Waals surface area contributed by atoms with Gasteiger partial charge >= 0.3 is 0 Å². The maximum Gasteiger partial charge on any atom is 0.0281 e. The van der Waals surface area contributed by atoms with Crippen LogP contribution in [0.15, 0.2) is 0 Å². The standard InChI is InChI=1S/C13H28N2/c1-5-13(6-2,7-3)15-10-12(4,14)11-8-9-11/h11,15H,5-10,14H2,1-4H3. The van der Waals surface area contributed by atoms with Crippen LogP contribution in [0.1, 0.15) is 59.8 Å². The normalized spacial score (nSPS) is 21.4. The van der Waals surface area contributed by atoms with E-state index in [0.29, 0.717) is 5.54 Å². The van der Waals surface area contributed by atoms with E-state index >= 15 is 0 Å². The van der Waals surface area contributed by atoms with E-state index in [0.717, 1.165) is 12.5 Å². The quantitative estimate of drug-likeness (QED) is 0.681. The predicted molar refractivity (Wildman–Crippen MR) is 66.9 cm³/mol. The van der Waals surface area contributed by atoms with Gasteiger partial charge in [-0.05, 0) is 44.9 Å². The number of nitrogens with two attached hydrogens (primary N) is 1. The third-order valence-corrected chi connectivity index (χ3v) is 4.38. The second-order valence-corrected chi connectivity index (χ2v) is 5.47. The molecule has 0 amide bonds. The van der Waals surface area contributed by atoms with E-state index in [4.69, 9.17) is 5.73 Å². The molecule has 1 aliphatic carbocycles. The molecule has 1 saturated carbocycles. The van der Waals surface area contributed by atoms with Crippen LogP contribution in [-0.4, -0.2) is 17.6 Å². The first kappa shape index (κ1) is 13.0. The van der Waals surface area contributed by atoms with Crippen LogP contribution in [0.3, 0.4) is 0 Å². The second kappa shape index (κ2) is 4.84. The van der Waals surface area contributed by atoms with Crippen molar-refractivity contribution in [3.8, 4) is 0 Å². The van der Waals surface area contributed by atoms with Gasteiger partial charge in [-0.3, -0.25) is 0 Å². The molecule has 90 valence electrons. The van der Waals surface area contributed by atoms with Crippen LogP contribution in [0, 0.1) is 5.92 Å².